The first-order chi connectivity index (χ1) is 15.6. The Kier molecular flexibility index (Phi) is 9.14. The van der Waals surface area contributed by atoms with Crippen molar-refractivity contribution in [2.75, 3.05) is 26.9 Å². The molecule has 3 heterocycles. The van der Waals surface area contributed by atoms with Crippen LogP contribution < -0.4 is 10.2 Å². The Labute approximate surface area is 208 Å². The van der Waals surface area contributed by atoms with E-state index in [1.54, 1.807) is 20.2 Å². The van der Waals surface area contributed by atoms with Crippen LogP contribution in [0.3, 0.4) is 0 Å². The Morgan fingerprint density at radius 2 is 1.97 bits per heavy atom. The molecule has 0 fully saturated rings. The van der Waals surface area contributed by atoms with Gasteiger partial charge < -0.3 is 18.8 Å². The number of allylic oxidation sites excluding steroid dienone is 1. The molecule has 0 bridgehead atoms. The smallest absolute Gasteiger partial charge is 0.343 e. The summed E-state index contributed by atoms with van der Waals surface area (Å²) in [6.07, 6.45) is 3.09. The van der Waals surface area contributed by atoms with E-state index in [-0.39, 0.29) is 42.6 Å². The molecule has 0 aliphatic carbocycles. The summed E-state index contributed by atoms with van der Waals surface area (Å²) in [4.78, 5) is 30.2. The number of hydrogen-bond donors (Lipinski definition) is 0. The van der Waals surface area contributed by atoms with Crippen LogP contribution in [0.5, 0.6) is 5.75 Å². The van der Waals surface area contributed by atoms with Crippen molar-refractivity contribution < 1.29 is 19.0 Å². The molecule has 0 saturated carbocycles. The van der Waals surface area contributed by atoms with Crippen LogP contribution in [0.15, 0.2) is 29.7 Å². The van der Waals surface area contributed by atoms with E-state index in [2.05, 4.69) is 27.4 Å². The second kappa shape index (κ2) is 11.2. The molecule has 34 heavy (non-hydrogen) atoms. The first kappa shape index (κ1) is 27.7. The fourth-order valence-corrected chi connectivity index (χ4v) is 4.10. The van der Waals surface area contributed by atoms with E-state index in [0.29, 0.717) is 42.5 Å². The van der Waals surface area contributed by atoms with Crippen LogP contribution in [0.1, 0.15) is 68.7 Å². The van der Waals surface area contributed by atoms with Gasteiger partial charge in [-0.05, 0) is 42.9 Å². The maximum absolute atomic E-state index is 12.9. The predicted octanol–water partition coefficient (Wildman–Crippen LogP) is 4.79. The number of ether oxygens (including phenoxy) is 3. The Morgan fingerprint density at radius 3 is 2.56 bits per heavy atom. The average molecular weight is 489 g/mol. The van der Waals surface area contributed by atoms with Gasteiger partial charge in [0.1, 0.15) is 17.0 Å². The van der Waals surface area contributed by atoms with E-state index in [9.17, 15) is 9.59 Å². The van der Waals surface area contributed by atoms with Crippen molar-refractivity contribution in [3.63, 3.8) is 0 Å². The van der Waals surface area contributed by atoms with Crippen LogP contribution in [0.2, 0.25) is 0 Å². The number of carbonyl (C=O) groups excluding carboxylic acids is 1. The molecule has 0 spiro atoms. The summed E-state index contributed by atoms with van der Waals surface area (Å²) in [5.41, 5.74) is 3.36. The van der Waals surface area contributed by atoms with E-state index < -0.39 is 5.97 Å². The van der Waals surface area contributed by atoms with E-state index in [0.717, 1.165) is 17.6 Å². The standard InChI is InChI=1S/C26H34N2O5.H2S/c1-8-32-25(30)18-15-28-19(14-20(18)29)24-17(13-22(28)26(4,5)6)12-21(23(27-24)16(2)3)33-11-9-10-31-7;/h12,14-15,22H,2,8-11,13H2,1,3-7H3;1H2/t22-;/m0./s1. The zero-order valence-electron chi connectivity index (χ0n) is 21.0. The zero-order valence-corrected chi connectivity index (χ0v) is 22.0. The second-order valence-corrected chi connectivity index (χ2v) is 9.47. The fourth-order valence-electron chi connectivity index (χ4n) is 4.10. The highest BCUT2D eigenvalue weighted by atomic mass is 32.1. The number of fused-ring (bicyclic) bond motifs is 3. The maximum atomic E-state index is 12.9. The summed E-state index contributed by atoms with van der Waals surface area (Å²) < 4.78 is 18.3. The molecule has 1 atom stereocenters. The number of carbonyl (C=O) groups is 1. The normalized spacial score (nSPS) is 14.5. The van der Waals surface area contributed by atoms with Crippen LogP contribution >= 0.6 is 13.5 Å². The summed E-state index contributed by atoms with van der Waals surface area (Å²) in [6, 6.07) is 3.52. The van der Waals surface area contributed by atoms with Crippen molar-refractivity contribution in [1.29, 1.82) is 0 Å². The van der Waals surface area contributed by atoms with Gasteiger partial charge >= 0.3 is 5.97 Å². The van der Waals surface area contributed by atoms with Crippen molar-refractivity contribution in [1.82, 2.24) is 9.55 Å². The van der Waals surface area contributed by atoms with Crippen molar-refractivity contribution in [3.8, 4) is 17.1 Å². The highest BCUT2D eigenvalue weighted by Crippen LogP contribution is 2.43. The molecule has 3 rings (SSSR count). The van der Waals surface area contributed by atoms with Crippen LogP contribution in [-0.2, 0) is 15.9 Å². The average Bonchev–Trinajstić information content (AvgIpc) is 2.74. The molecule has 1 aliphatic heterocycles. The molecule has 1 aliphatic rings. The van der Waals surface area contributed by atoms with Gasteiger partial charge in [0.05, 0.1) is 24.6 Å². The molecular weight excluding hydrogens is 452 g/mol. The largest absolute Gasteiger partial charge is 0.491 e. The lowest BCUT2D eigenvalue weighted by Crippen LogP contribution is -2.33. The molecule has 0 amide bonds. The number of rotatable bonds is 8. The molecule has 2 aromatic heterocycles. The minimum atomic E-state index is -0.605. The van der Waals surface area contributed by atoms with Crippen molar-refractivity contribution in [2.45, 2.75) is 53.5 Å². The number of esters is 1. The number of pyridine rings is 2. The third kappa shape index (κ3) is 5.73. The van der Waals surface area contributed by atoms with Gasteiger partial charge in [-0.25, -0.2) is 9.78 Å². The molecular formula is C26H36N2O5S. The monoisotopic (exact) mass is 488 g/mol. The lowest BCUT2D eigenvalue weighted by atomic mass is 9.79. The van der Waals surface area contributed by atoms with Crippen LogP contribution in [0.25, 0.3) is 17.0 Å². The lowest BCUT2D eigenvalue weighted by Gasteiger charge is -2.38. The summed E-state index contributed by atoms with van der Waals surface area (Å²) in [5, 5.41) is 0. The summed E-state index contributed by atoms with van der Waals surface area (Å²) in [6.45, 7) is 15.4. The van der Waals surface area contributed by atoms with Crippen molar-refractivity contribution in [3.05, 3.63) is 52.0 Å². The third-order valence-electron chi connectivity index (χ3n) is 5.79. The first-order valence-corrected chi connectivity index (χ1v) is 11.3. The van der Waals surface area contributed by atoms with E-state index in [4.69, 9.17) is 19.2 Å². The zero-order chi connectivity index (χ0) is 24.3. The predicted molar refractivity (Wildman–Crippen MR) is 139 cm³/mol. The third-order valence-corrected chi connectivity index (χ3v) is 5.79. The van der Waals surface area contributed by atoms with Gasteiger partial charge in [0.15, 0.2) is 5.43 Å². The molecule has 0 saturated heterocycles. The van der Waals surface area contributed by atoms with Gasteiger partial charge in [-0.1, -0.05) is 27.4 Å². The SMILES string of the molecule is C=C(C)c1nc2c(cc1OCCCOC)C[C@@H](C(C)(C)C)n1cc(C(=O)OCC)c(=O)cc1-2.S. The molecule has 2 aromatic rings. The fraction of sp³-hybridized carbons (Fsp3) is 0.500. The van der Waals surface area contributed by atoms with Crippen LogP contribution in [0.4, 0.5) is 0 Å². The Morgan fingerprint density at radius 1 is 1.26 bits per heavy atom. The number of aromatic nitrogens is 2. The number of hydrogen-bond acceptors (Lipinski definition) is 6. The number of methoxy groups -OCH3 is 1. The lowest BCUT2D eigenvalue weighted by molar-refractivity contribution is 0.0523. The maximum Gasteiger partial charge on any atom is 0.343 e. The van der Waals surface area contributed by atoms with Gasteiger partial charge in [0, 0.05) is 38.4 Å². The van der Waals surface area contributed by atoms with Gasteiger partial charge in [-0.15, -0.1) is 0 Å². The Bertz CT molecular complexity index is 1120. The Balaban J connectivity index is 0.00000408. The Hall–Kier alpha value is -2.58. The molecule has 0 aromatic carbocycles. The molecule has 0 unspecified atom stereocenters. The first-order valence-electron chi connectivity index (χ1n) is 11.3. The molecule has 7 nitrogen and oxygen atoms in total. The van der Waals surface area contributed by atoms with Gasteiger partial charge in [0.25, 0.3) is 0 Å². The number of nitrogens with zero attached hydrogens (tertiary/aromatic N) is 2. The van der Waals surface area contributed by atoms with E-state index >= 15 is 0 Å². The molecule has 186 valence electrons. The van der Waals surface area contributed by atoms with Gasteiger partial charge in [0.2, 0.25) is 0 Å². The van der Waals surface area contributed by atoms with E-state index in [1.165, 1.54) is 6.07 Å². The molecule has 0 radical (unpaired) electrons. The topological polar surface area (TPSA) is 79.7 Å². The van der Waals surface area contributed by atoms with Gasteiger partial charge in [-0.2, -0.15) is 13.5 Å². The minimum Gasteiger partial charge on any atom is -0.491 e. The second-order valence-electron chi connectivity index (χ2n) is 9.47. The highest BCUT2D eigenvalue weighted by Gasteiger charge is 2.35. The molecule has 0 N–H and O–H groups in total. The molecule has 8 heteroatoms. The summed E-state index contributed by atoms with van der Waals surface area (Å²) >= 11 is 0. The van der Waals surface area contributed by atoms with Crippen molar-refractivity contribution >= 4 is 25.0 Å². The quantitative estimate of drug-likeness (QED) is 0.393. The van der Waals surface area contributed by atoms with Crippen molar-refractivity contribution in [2.24, 2.45) is 5.41 Å². The summed E-state index contributed by atoms with van der Waals surface area (Å²) in [7, 11) is 1.67. The minimum absolute atomic E-state index is 0. The summed E-state index contributed by atoms with van der Waals surface area (Å²) in [5.74, 6) is 0.0793. The van der Waals surface area contributed by atoms with Gasteiger partial charge in [-0.3, -0.25) is 4.79 Å². The highest BCUT2D eigenvalue weighted by molar-refractivity contribution is 7.59. The van der Waals surface area contributed by atoms with Crippen LogP contribution in [0, 0.1) is 5.41 Å². The van der Waals surface area contributed by atoms with Crippen LogP contribution in [-0.4, -0.2) is 42.5 Å². The van der Waals surface area contributed by atoms with E-state index in [1.807, 2.05) is 17.6 Å².